The summed E-state index contributed by atoms with van der Waals surface area (Å²) < 4.78 is 4.37. The van der Waals surface area contributed by atoms with Crippen LogP contribution in [-0.4, -0.2) is 48.4 Å². The average molecular weight is 432 g/mol. The van der Waals surface area contributed by atoms with Crippen molar-refractivity contribution in [1.82, 2.24) is 29.3 Å². The van der Waals surface area contributed by atoms with Crippen molar-refractivity contribution < 1.29 is 0 Å². The highest BCUT2D eigenvalue weighted by Gasteiger charge is 2.26. The van der Waals surface area contributed by atoms with Crippen molar-refractivity contribution in [3.8, 4) is 11.1 Å². The van der Waals surface area contributed by atoms with Crippen LogP contribution in [-0.2, 0) is 7.05 Å². The summed E-state index contributed by atoms with van der Waals surface area (Å²) in [4.78, 5) is 7.60. The van der Waals surface area contributed by atoms with E-state index in [9.17, 15) is 0 Å². The van der Waals surface area contributed by atoms with Gasteiger partial charge in [-0.25, -0.2) is 4.98 Å². The fourth-order valence-electron chi connectivity index (χ4n) is 3.91. The lowest BCUT2D eigenvalue weighted by atomic mass is 9.98. The van der Waals surface area contributed by atoms with Crippen molar-refractivity contribution in [2.24, 2.45) is 7.05 Å². The van der Waals surface area contributed by atoms with Gasteiger partial charge in [0, 0.05) is 42.9 Å². The van der Waals surface area contributed by atoms with E-state index in [2.05, 4.69) is 44.9 Å². The zero-order valence-electron chi connectivity index (χ0n) is 16.1. The Morgan fingerprint density at radius 3 is 2.74 bits per heavy atom. The fraction of sp³-hybridized carbons (Fsp3) is 0.526. The number of halogens is 1. The van der Waals surface area contributed by atoms with Gasteiger partial charge in [0.15, 0.2) is 5.65 Å². The number of fused-ring (bicyclic) bond motifs is 1. The number of nitrogens with zero attached hydrogens (tertiary/aromatic N) is 6. The van der Waals surface area contributed by atoms with Crippen molar-refractivity contribution in [3.63, 3.8) is 0 Å². The number of hydrogen-bond acceptors (Lipinski definition) is 5. The summed E-state index contributed by atoms with van der Waals surface area (Å²) in [5, 5.41) is 8.74. The molecule has 1 unspecified atom stereocenters. The number of aryl methyl sites for hydroxylation is 1. The molecule has 0 aromatic carbocycles. The predicted molar refractivity (Wildman–Crippen MR) is 111 cm³/mol. The van der Waals surface area contributed by atoms with E-state index in [0.29, 0.717) is 17.8 Å². The third kappa shape index (κ3) is 3.36. The second-order valence-corrected chi connectivity index (χ2v) is 8.47. The Bertz CT molecular complexity index is 959. The maximum absolute atomic E-state index is 6.44. The van der Waals surface area contributed by atoms with Gasteiger partial charge < -0.3 is 10.6 Å². The molecule has 7 nitrogen and oxygen atoms in total. The molecule has 1 aliphatic heterocycles. The zero-order valence-corrected chi connectivity index (χ0v) is 17.6. The van der Waals surface area contributed by atoms with E-state index in [1.807, 2.05) is 25.6 Å². The van der Waals surface area contributed by atoms with E-state index in [1.54, 1.807) is 9.20 Å². The maximum Gasteiger partial charge on any atom is 0.165 e. The second-order valence-electron chi connectivity index (χ2n) is 7.67. The van der Waals surface area contributed by atoms with Crippen LogP contribution in [0.2, 0.25) is 0 Å². The van der Waals surface area contributed by atoms with Gasteiger partial charge >= 0.3 is 0 Å². The predicted octanol–water partition coefficient (Wildman–Crippen LogP) is 3.45. The molecule has 144 valence electrons. The van der Waals surface area contributed by atoms with Crippen LogP contribution in [0.3, 0.4) is 0 Å². The molecule has 0 aliphatic carbocycles. The van der Waals surface area contributed by atoms with Crippen LogP contribution in [0.5, 0.6) is 0 Å². The molecule has 1 aliphatic rings. The Morgan fingerprint density at radius 2 is 2.04 bits per heavy atom. The van der Waals surface area contributed by atoms with E-state index < -0.39 is 0 Å². The number of nitrogens with two attached hydrogens (primary N) is 1. The molecule has 0 saturated carbocycles. The van der Waals surface area contributed by atoms with E-state index in [-0.39, 0.29) is 0 Å². The molecule has 3 aromatic rings. The van der Waals surface area contributed by atoms with Gasteiger partial charge in [0.2, 0.25) is 0 Å². The summed E-state index contributed by atoms with van der Waals surface area (Å²) in [5.74, 6) is 0.957. The van der Waals surface area contributed by atoms with Crippen molar-refractivity contribution in [2.45, 2.75) is 45.1 Å². The minimum Gasteiger partial charge on any atom is -0.383 e. The minimum absolute atomic E-state index is 0.355. The van der Waals surface area contributed by atoms with Crippen molar-refractivity contribution in [2.75, 3.05) is 18.8 Å². The normalized spacial score (nSPS) is 19.1. The van der Waals surface area contributed by atoms with Crippen LogP contribution in [0.4, 0.5) is 5.82 Å². The summed E-state index contributed by atoms with van der Waals surface area (Å²) in [6.07, 6.45) is 9.20. The molecule has 27 heavy (non-hydrogen) atoms. The first-order valence-corrected chi connectivity index (χ1v) is 10.3. The molecular formula is C19H26BrN7. The lowest BCUT2D eigenvalue weighted by molar-refractivity contribution is 0.220. The van der Waals surface area contributed by atoms with Crippen molar-refractivity contribution >= 4 is 27.4 Å². The quantitative estimate of drug-likeness (QED) is 0.686. The summed E-state index contributed by atoms with van der Waals surface area (Å²) in [6, 6.07) is 0.534. The highest BCUT2D eigenvalue weighted by Crippen LogP contribution is 2.36. The smallest absolute Gasteiger partial charge is 0.165 e. The second kappa shape index (κ2) is 7.24. The molecule has 8 heteroatoms. The van der Waals surface area contributed by atoms with Gasteiger partial charge in [-0.05, 0) is 49.2 Å². The van der Waals surface area contributed by atoms with Crippen LogP contribution < -0.4 is 5.73 Å². The molecule has 2 N–H and O–H groups in total. The monoisotopic (exact) mass is 431 g/mol. The fourth-order valence-corrected chi connectivity index (χ4v) is 4.49. The van der Waals surface area contributed by atoms with Gasteiger partial charge in [-0.15, -0.1) is 0 Å². The van der Waals surface area contributed by atoms with Gasteiger partial charge in [0.1, 0.15) is 5.82 Å². The first-order chi connectivity index (χ1) is 13.0. The molecule has 0 spiro atoms. The maximum atomic E-state index is 6.44. The Kier molecular flexibility index (Phi) is 4.94. The molecule has 4 rings (SSSR count). The number of hydrogen-bond donors (Lipinski definition) is 1. The zero-order chi connectivity index (χ0) is 19.1. The molecule has 0 radical (unpaired) electrons. The Balaban J connectivity index is 1.81. The lowest BCUT2D eigenvalue weighted by Gasteiger charge is -2.28. The van der Waals surface area contributed by atoms with Crippen LogP contribution in [0, 0.1) is 0 Å². The topological polar surface area (TPSA) is 77.3 Å². The minimum atomic E-state index is 0.355. The van der Waals surface area contributed by atoms with Gasteiger partial charge in [0.05, 0.1) is 22.6 Å². The third-order valence-electron chi connectivity index (χ3n) is 5.48. The number of nitrogen functional groups attached to an aromatic ring is 1. The summed E-state index contributed by atoms with van der Waals surface area (Å²) >= 11 is 3.71. The molecule has 0 bridgehead atoms. The SMILES string of the molecule is CC(C)N1CCCCC(c2nc3c(-c4cnn(C)c4)cnn3c(N)c2Br)C1. The molecule has 1 fully saturated rings. The average Bonchev–Trinajstić information content (AvgIpc) is 3.16. The standard InChI is InChI=1S/C19H26BrN7/c1-12(2)26-7-5-4-6-13(11-26)17-16(20)18(21)27-19(24-17)15(9-23-27)14-8-22-25(3)10-14/h8-10,12-13H,4-7,11,21H2,1-3H3. The van der Waals surface area contributed by atoms with Gasteiger partial charge in [-0.3, -0.25) is 4.68 Å². The lowest BCUT2D eigenvalue weighted by Crippen LogP contribution is -2.34. The van der Waals surface area contributed by atoms with Crippen LogP contribution in [0.1, 0.15) is 44.7 Å². The molecule has 3 aromatic heterocycles. The molecule has 0 amide bonds. The van der Waals surface area contributed by atoms with Gasteiger partial charge in [0.25, 0.3) is 0 Å². The van der Waals surface area contributed by atoms with Gasteiger partial charge in [-0.1, -0.05) is 6.42 Å². The molecule has 1 atom stereocenters. The number of aromatic nitrogens is 5. The first-order valence-electron chi connectivity index (χ1n) is 9.51. The highest BCUT2D eigenvalue weighted by atomic mass is 79.9. The summed E-state index contributed by atoms with van der Waals surface area (Å²) in [5.41, 5.74) is 10.2. The summed E-state index contributed by atoms with van der Waals surface area (Å²) in [6.45, 7) is 6.69. The summed E-state index contributed by atoms with van der Waals surface area (Å²) in [7, 11) is 1.91. The Morgan fingerprint density at radius 1 is 1.22 bits per heavy atom. The van der Waals surface area contributed by atoms with Crippen molar-refractivity contribution in [3.05, 3.63) is 28.8 Å². The van der Waals surface area contributed by atoms with Crippen LogP contribution in [0.15, 0.2) is 23.1 Å². The highest BCUT2D eigenvalue weighted by molar-refractivity contribution is 9.10. The Hall–Kier alpha value is -1.93. The number of rotatable bonds is 3. The van der Waals surface area contributed by atoms with E-state index in [4.69, 9.17) is 10.7 Å². The molecular weight excluding hydrogens is 406 g/mol. The Labute approximate surface area is 167 Å². The molecule has 4 heterocycles. The van der Waals surface area contributed by atoms with Crippen LogP contribution >= 0.6 is 15.9 Å². The number of anilines is 1. The van der Waals surface area contributed by atoms with Gasteiger partial charge in [-0.2, -0.15) is 14.7 Å². The largest absolute Gasteiger partial charge is 0.383 e. The third-order valence-corrected chi connectivity index (χ3v) is 6.30. The molecule has 1 saturated heterocycles. The van der Waals surface area contributed by atoms with E-state index in [1.165, 1.54) is 12.8 Å². The first kappa shape index (κ1) is 18.4. The van der Waals surface area contributed by atoms with E-state index in [0.717, 1.165) is 46.5 Å². The van der Waals surface area contributed by atoms with E-state index >= 15 is 0 Å². The van der Waals surface area contributed by atoms with Crippen molar-refractivity contribution in [1.29, 1.82) is 0 Å². The number of likely N-dealkylation sites (tertiary alicyclic amines) is 1. The van der Waals surface area contributed by atoms with Crippen LogP contribution in [0.25, 0.3) is 16.8 Å².